The number of morpholine rings is 1. The second-order valence-corrected chi connectivity index (χ2v) is 10.4. The maximum atomic E-state index is 12.6. The van der Waals surface area contributed by atoms with Gasteiger partial charge in [-0.25, -0.2) is 4.79 Å². The van der Waals surface area contributed by atoms with Crippen molar-refractivity contribution in [2.75, 3.05) is 25.5 Å². The quantitative estimate of drug-likeness (QED) is 0.614. The first-order valence-corrected chi connectivity index (χ1v) is 11.9. The Morgan fingerprint density at radius 3 is 2.67 bits per heavy atom. The monoisotopic (exact) mass is 395 g/mol. The number of rotatable bonds is 7. The lowest BCUT2D eigenvalue weighted by molar-refractivity contribution is 0.0162. The number of carboxylic acids is 1. The zero-order valence-corrected chi connectivity index (χ0v) is 16.6. The van der Waals surface area contributed by atoms with Crippen molar-refractivity contribution >= 4 is 13.3 Å². The van der Waals surface area contributed by atoms with Gasteiger partial charge in [0.1, 0.15) is 0 Å². The molecule has 1 aromatic rings. The van der Waals surface area contributed by atoms with E-state index in [0.717, 1.165) is 18.4 Å². The van der Waals surface area contributed by atoms with Crippen LogP contribution in [-0.2, 0) is 15.7 Å². The first-order chi connectivity index (χ1) is 12.9. The molecule has 6 nitrogen and oxygen atoms in total. The molecular formula is C20H30NO5P. The van der Waals surface area contributed by atoms with E-state index in [1.807, 2.05) is 6.07 Å². The number of benzene rings is 1. The fourth-order valence-electron chi connectivity index (χ4n) is 4.20. The third kappa shape index (κ3) is 6.42. The standard InChI is InChI=1S/C20H30NO5P/c22-20(23)17-8-4-7-16(9-17)10-18-12-26-19(11-21-18)14-27(24,25)13-15-5-2-1-3-6-15/h4,7-9,15,18-19,21H,1-3,5-6,10-14H2,(H,22,23)(H,24,25). The summed E-state index contributed by atoms with van der Waals surface area (Å²) in [5.74, 6) is -0.540. The van der Waals surface area contributed by atoms with Gasteiger partial charge in [0.2, 0.25) is 7.37 Å². The first-order valence-electron chi connectivity index (χ1n) is 9.89. The molecule has 1 saturated carbocycles. The van der Waals surface area contributed by atoms with Gasteiger partial charge in [-0.2, -0.15) is 0 Å². The molecule has 3 N–H and O–H groups in total. The van der Waals surface area contributed by atoms with Crippen LogP contribution < -0.4 is 5.32 Å². The maximum Gasteiger partial charge on any atom is 0.335 e. The zero-order chi connectivity index (χ0) is 19.3. The van der Waals surface area contributed by atoms with Crippen molar-refractivity contribution in [3.05, 3.63) is 35.4 Å². The number of nitrogens with one attached hydrogen (secondary N) is 1. The Bertz CT molecular complexity index is 681. The van der Waals surface area contributed by atoms with Crippen molar-refractivity contribution < 1.29 is 24.1 Å². The van der Waals surface area contributed by atoms with Crippen LogP contribution >= 0.6 is 7.37 Å². The summed E-state index contributed by atoms with van der Waals surface area (Å²) >= 11 is 0. The molecule has 1 heterocycles. The summed E-state index contributed by atoms with van der Waals surface area (Å²) in [5, 5.41) is 12.5. The predicted octanol–water partition coefficient (Wildman–Crippen LogP) is 3.14. The van der Waals surface area contributed by atoms with E-state index in [-0.39, 0.29) is 23.9 Å². The summed E-state index contributed by atoms with van der Waals surface area (Å²) < 4.78 is 18.5. The smallest absolute Gasteiger partial charge is 0.335 e. The van der Waals surface area contributed by atoms with Crippen molar-refractivity contribution in [2.45, 2.75) is 50.7 Å². The molecule has 0 spiro atoms. The van der Waals surface area contributed by atoms with Gasteiger partial charge in [0.25, 0.3) is 0 Å². The molecule has 2 fully saturated rings. The Labute approximate surface area is 160 Å². The molecule has 0 amide bonds. The molecule has 0 radical (unpaired) electrons. The van der Waals surface area contributed by atoms with Crippen LogP contribution in [-0.4, -0.2) is 53.6 Å². The Morgan fingerprint density at radius 1 is 1.22 bits per heavy atom. The summed E-state index contributed by atoms with van der Waals surface area (Å²) in [6, 6.07) is 7.01. The summed E-state index contributed by atoms with van der Waals surface area (Å²) in [4.78, 5) is 21.5. The van der Waals surface area contributed by atoms with Gasteiger partial charge >= 0.3 is 5.97 Å². The average molecular weight is 395 g/mol. The van der Waals surface area contributed by atoms with Crippen molar-refractivity contribution in [3.63, 3.8) is 0 Å². The number of hydrogen-bond acceptors (Lipinski definition) is 4. The number of ether oxygens (including phenoxy) is 1. The molecule has 7 heteroatoms. The molecule has 3 atom stereocenters. The third-order valence-corrected chi connectivity index (χ3v) is 7.65. The Kier molecular flexibility index (Phi) is 7.10. The van der Waals surface area contributed by atoms with Crippen LogP contribution in [0.4, 0.5) is 0 Å². The van der Waals surface area contributed by atoms with Gasteiger partial charge in [0.05, 0.1) is 24.4 Å². The molecule has 1 saturated heterocycles. The molecule has 3 unspecified atom stereocenters. The highest BCUT2D eigenvalue weighted by atomic mass is 31.2. The average Bonchev–Trinajstić information content (AvgIpc) is 2.64. The molecule has 150 valence electrons. The van der Waals surface area contributed by atoms with Gasteiger partial charge < -0.3 is 20.1 Å². The largest absolute Gasteiger partial charge is 0.478 e. The number of carbonyl (C=O) groups is 1. The fraction of sp³-hybridized carbons (Fsp3) is 0.650. The minimum atomic E-state index is -3.16. The highest BCUT2D eigenvalue weighted by molar-refractivity contribution is 7.58. The minimum Gasteiger partial charge on any atom is -0.478 e. The maximum absolute atomic E-state index is 12.6. The van der Waals surface area contributed by atoms with Gasteiger partial charge in [-0.1, -0.05) is 31.4 Å². The third-order valence-electron chi connectivity index (χ3n) is 5.58. The summed E-state index contributed by atoms with van der Waals surface area (Å²) in [6.07, 6.45) is 6.85. The Balaban J connectivity index is 1.45. The second kappa shape index (κ2) is 9.33. The van der Waals surface area contributed by atoms with Crippen molar-refractivity contribution in [1.82, 2.24) is 5.32 Å². The van der Waals surface area contributed by atoms with Gasteiger partial charge in [-0.3, -0.25) is 4.57 Å². The van der Waals surface area contributed by atoms with E-state index in [4.69, 9.17) is 9.84 Å². The molecule has 2 aliphatic rings. The van der Waals surface area contributed by atoms with Gasteiger partial charge in [-0.05, 0) is 42.9 Å². The van der Waals surface area contributed by atoms with Gasteiger partial charge in [-0.15, -0.1) is 0 Å². The lowest BCUT2D eigenvalue weighted by Crippen LogP contribution is -2.48. The van der Waals surface area contributed by atoms with E-state index in [0.29, 0.717) is 31.7 Å². The molecule has 0 bridgehead atoms. The number of aromatic carboxylic acids is 1. The SMILES string of the molecule is O=C(O)c1cccc(CC2COC(CP(=O)(O)CC3CCCCC3)CN2)c1. The van der Waals surface area contributed by atoms with E-state index in [2.05, 4.69) is 5.32 Å². The number of hydrogen-bond donors (Lipinski definition) is 3. The van der Waals surface area contributed by atoms with Crippen LogP contribution in [0.15, 0.2) is 24.3 Å². The molecule has 3 rings (SSSR count). The molecule has 0 aromatic heterocycles. The van der Waals surface area contributed by atoms with Crippen molar-refractivity contribution in [1.29, 1.82) is 0 Å². The second-order valence-electron chi connectivity index (χ2n) is 7.99. The lowest BCUT2D eigenvalue weighted by Gasteiger charge is -2.32. The van der Waals surface area contributed by atoms with Crippen molar-refractivity contribution in [3.8, 4) is 0 Å². The molecular weight excluding hydrogens is 365 g/mol. The summed E-state index contributed by atoms with van der Waals surface area (Å²) in [7, 11) is -3.16. The van der Waals surface area contributed by atoms with Crippen LogP contribution in [0.3, 0.4) is 0 Å². The zero-order valence-electron chi connectivity index (χ0n) is 15.7. The summed E-state index contributed by atoms with van der Waals surface area (Å²) in [6.45, 7) is 1.02. The van der Waals surface area contributed by atoms with Crippen LogP contribution in [0.1, 0.15) is 48.0 Å². The Morgan fingerprint density at radius 2 is 2.00 bits per heavy atom. The highest BCUT2D eigenvalue weighted by Gasteiger charge is 2.31. The van der Waals surface area contributed by atoms with E-state index in [1.165, 1.54) is 19.3 Å². The predicted molar refractivity (Wildman–Crippen MR) is 105 cm³/mol. The minimum absolute atomic E-state index is 0.0849. The van der Waals surface area contributed by atoms with Crippen LogP contribution in [0.5, 0.6) is 0 Å². The fourth-order valence-corrected chi connectivity index (χ4v) is 6.39. The van der Waals surface area contributed by atoms with Gasteiger partial charge in [0, 0.05) is 18.7 Å². The van der Waals surface area contributed by atoms with E-state index < -0.39 is 13.3 Å². The van der Waals surface area contributed by atoms with E-state index in [1.54, 1.807) is 18.2 Å². The summed E-state index contributed by atoms with van der Waals surface area (Å²) in [5.41, 5.74) is 1.23. The van der Waals surface area contributed by atoms with Crippen LogP contribution in [0.2, 0.25) is 0 Å². The molecule has 27 heavy (non-hydrogen) atoms. The highest BCUT2D eigenvalue weighted by Crippen LogP contribution is 2.46. The lowest BCUT2D eigenvalue weighted by atomic mass is 9.91. The molecule has 1 aliphatic carbocycles. The van der Waals surface area contributed by atoms with E-state index >= 15 is 0 Å². The van der Waals surface area contributed by atoms with Crippen molar-refractivity contribution in [2.24, 2.45) is 5.92 Å². The van der Waals surface area contributed by atoms with E-state index in [9.17, 15) is 14.3 Å². The first kappa shape index (κ1) is 20.5. The molecule has 1 aliphatic heterocycles. The normalized spacial score (nSPS) is 26.4. The Hall–Kier alpha value is -1.20. The molecule has 1 aromatic carbocycles. The van der Waals surface area contributed by atoms with Crippen LogP contribution in [0, 0.1) is 5.92 Å². The van der Waals surface area contributed by atoms with Crippen LogP contribution in [0.25, 0.3) is 0 Å². The topological polar surface area (TPSA) is 95.9 Å². The number of carboxylic acid groups (broad SMARTS) is 1. The van der Waals surface area contributed by atoms with Gasteiger partial charge in [0.15, 0.2) is 0 Å².